The van der Waals surface area contributed by atoms with Gasteiger partial charge in [-0.15, -0.1) is 8.67 Å². The van der Waals surface area contributed by atoms with Crippen molar-refractivity contribution in [3.05, 3.63) is 0 Å². The molecular formula is C39H71N11O11S3. The lowest BCUT2D eigenvalue weighted by atomic mass is 9.66. The Hall–Kier alpha value is -1.11. The molecule has 1 saturated heterocycles. The fourth-order valence-electron chi connectivity index (χ4n) is 11.2. The first-order valence-corrected chi connectivity index (χ1v) is 26.6. The highest BCUT2D eigenvalue weighted by atomic mass is 32.2. The van der Waals surface area contributed by atoms with Crippen LogP contribution in [-0.2, 0) is 28.9 Å². The van der Waals surface area contributed by atoms with Gasteiger partial charge < -0.3 is 10.2 Å². The highest BCUT2D eigenvalue weighted by molar-refractivity contribution is 7.95. The summed E-state index contributed by atoms with van der Waals surface area (Å²) in [6, 6.07) is 0.125. The maximum Gasteiger partial charge on any atom is 0.267 e. The van der Waals surface area contributed by atoms with E-state index < -0.39 is 46.4 Å². The summed E-state index contributed by atoms with van der Waals surface area (Å²) in [5.41, 5.74) is 0. The lowest BCUT2D eigenvalue weighted by Crippen LogP contribution is -2.76. The summed E-state index contributed by atoms with van der Waals surface area (Å²) in [5, 5.41) is 91.9. The summed E-state index contributed by atoms with van der Waals surface area (Å²) in [6.45, 7) is 4.39. The number of nitrogens with one attached hydrogen (secondary N) is 5. The molecule has 7 rings (SSSR count). The smallest absolute Gasteiger partial charge is 0.267 e. The van der Waals surface area contributed by atoms with Gasteiger partial charge in [-0.1, -0.05) is 30.3 Å². The molecule has 0 aromatic carbocycles. The molecule has 0 bridgehead atoms. The minimum absolute atomic E-state index is 0.00449. The largest absolute Gasteiger partial charge is 0.390 e. The van der Waals surface area contributed by atoms with Crippen LogP contribution < -0.4 is 26.6 Å². The molecule has 7 fully saturated rings. The van der Waals surface area contributed by atoms with Crippen molar-refractivity contribution in [2.45, 2.75) is 219 Å². The number of azo groups is 3. The van der Waals surface area contributed by atoms with Crippen LogP contribution in [0.15, 0.2) is 30.7 Å². The van der Waals surface area contributed by atoms with Crippen molar-refractivity contribution < 1.29 is 52.4 Å². The van der Waals surface area contributed by atoms with E-state index in [1.807, 2.05) is 0 Å². The monoisotopic (exact) mass is 965 g/mol. The standard InChI is InChI=1S/C39H71N11O11S3/c1-21-17-33(22(2)16-32(21)48-47-25-8-6-24(7-9-25)45-46-26-10-13-29(14-11-26)62-60-58-53)49-50-35-34(63-61-59-54)19-23-18-28(12-15-31(23)36(35)51)41-38-42-37(43-39(52)44-38)40-27-4-3-5-30(20-27)64(55,56)57/h21-44,51-54H,3-20H2,1-2H3,(H,55,56,57). The number of aliphatic hydroxyl groups is 2. The number of hydrogen-bond donors (Lipinski definition) is 10. The van der Waals surface area contributed by atoms with Crippen LogP contribution in [0.1, 0.15) is 129 Å². The lowest BCUT2D eigenvalue weighted by Gasteiger charge is -2.48. The average Bonchev–Trinajstić information content (AvgIpc) is 3.27. The van der Waals surface area contributed by atoms with Crippen LogP contribution in [0.2, 0.25) is 0 Å². The minimum Gasteiger partial charge on any atom is -0.390 e. The van der Waals surface area contributed by atoms with E-state index in [-0.39, 0.29) is 77.6 Å². The maximum atomic E-state index is 11.8. The lowest BCUT2D eigenvalue weighted by molar-refractivity contribution is -0.432. The van der Waals surface area contributed by atoms with Gasteiger partial charge in [-0.2, -0.15) is 39.1 Å². The molecule has 0 radical (unpaired) electrons. The van der Waals surface area contributed by atoms with E-state index in [0.29, 0.717) is 24.5 Å². The van der Waals surface area contributed by atoms with Crippen LogP contribution in [0, 0.1) is 23.7 Å². The molecule has 25 heteroatoms. The fraction of sp³-hybridized carbons (Fsp3) is 1.00. The summed E-state index contributed by atoms with van der Waals surface area (Å²) >= 11 is 2.12. The van der Waals surface area contributed by atoms with Crippen LogP contribution in [0.5, 0.6) is 0 Å². The Labute approximate surface area is 384 Å². The first-order chi connectivity index (χ1) is 30.8. The topological polar surface area (TPSA) is 307 Å². The molecule has 0 amide bonds. The van der Waals surface area contributed by atoms with Crippen molar-refractivity contribution >= 4 is 34.2 Å². The Morgan fingerprint density at radius 1 is 0.609 bits per heavy atom. The molecule has 15 atom stereocenters. The normalized spacial score (nSPS) is 44.1. The van der Waals surface area contributed by atoms with Crippen molar-refractivity contribution in [1.82, 2.24) is 26.6 Å². The molecule has 6 saturated carbocycles. The second-order valence-electron chi connectivity index (χ2n) is 19.4. The van der Waals surface area contributed by atoms with Crippen molar-refractivity contribution in [3.8, 4) is 0 Å². The van der Waals surface area contributed by atoms with Gasteiger partial charge in [-0.3, -0.25) is 31.1 Å². The molecule has 1 aliphatic heterocycles. The van der Waals surface area contributed by atoms with Crippen LogP contribution in [0.25, 0.3) is 0 Å². The zero-order valence-corrected chi connectivity index (χ0v) is 39.2. The second-order valence-corrected chi connectivity index (χ2v) is 23.0. The van der Waals surface area contributed by atoms with E-state index in [0.717, 1.165) is 114 Å². The van der Waals surface area contributed by atoms with E-state index >= 15 is 0 Å². The molecular weight excluding hydrogens is 895 g/mol. The maximum absolute atomic E-state index is 11.8. The molecule has 22 nitrogen and oxygen atoms in total. The van der Waals surface area contributed by atoms with Gasteiger partial charge in [0.1, 0.15) is 18.6 Å². The number of hydrogen-bond acceptors (Lipinski definition) is 23. The van der Waals surface area contributed by atoms with E-state index in [9.17, 15) is 23.2 Å². The Bertz CT molecular complexity index is 1630. The third-order valence-corrected chi connectivity index (χ3v) is 18.0. The van der Waals surface area contributed by atoms with Gasteiger partial charge in [0.25, 0.3) is 10.1 Å². The quantitative estimate of drug-likeness (QED) is 0.0295. The predicted molar refractivity (Wildman–Crippen MR) is 236 cm³/mol. The third kappa shape index (κ3) is 14.5. The van der Waals surface area contributed by atoms with Crippen LogP contribution in [-0.4, -0.2) is 123 Å². The number of fused-ring (bicyclic) bond motifs is 1. The number of aliphatic hydroxyl groups excluding tert-OH is 2. The zero-order valence-electron chi connectivity index (χ0n) is 36.8. The molecule has 0 aromatic rings. The highest BCUT2D eigenvalue weighted by Crippen LogP contribution is 2.46. The molecule has 366 valence electrons. The van der Waals surface area contributed by atoms with Crippen molar-refractivity contribution in [2.24, 2.45) is 54.4 Å². The van der Waals surface area contributed by atoms with Gasteiger partial charge in [0.15, 0.2) is 6.35 Å². The van der Waals surface area contributed by atoms with Crippen LogP contribution in [0.3, 0.4) is 0 Å². The first kappa shape index (κ1) is 50.8. The molecule has 6 aliphatic carbocycles. The van der Waals surface area contributed by atoms with E-state index in [4.69, 9.17) is 40.4 Å². The molecule has 1 heterocycles. The van der Waals surface area contributed by atoms with Crippen molar-refractivity contribution in [3.63, 3.8) is 0 Å². The van der Waals surface area contributed by atoms with Gasteiger partial charge in [0.2, 0.25) is 0 Å². The zero-order chi connectivity index (χ0) is 45.2. The summed E-state index contributed by atoms with van der Waals surface area (Å²) < 4.78 is 42.7. The summed E-state index contributed by atoms with van der Waals surface area (Å²) in [7, 11) is -4.12. The van der Waals surface area contributed by atoms with Crippen molar-refractivity contribution in [2.75, 3.05) is 0 Å². The SMILES string of the molecule is CC1CC(N=NC2C(SOOO)CC3CC(NC4NC(O)NC(NC5CCCC(S(=O)(=O)O)C5)N4)CCC3C2O)C(C)CC1N=NC1CCC(N=NC2CCC(SOOO)CC2)CC1. The summed E-state index contributed by atoms with van der Waals surface area (Å²) in [6.07, 6.45) is 11.6. The molecule has 10 N–H and O–H groups in total. The Kier molecular flexibility index (Phi) is 19.4. The van der Waals surface area contributed by atoms with Crippen LogP contribution in [0.4, 0.5) is 0 Å². The van der Waals surface area contributed by atoms with E-state index in [2.05, 4.69) is 60.0 Å². The molecule has 0 aromatic heterocycles. The first-order valence-electron chi connectivity index (χ1n) is 23.4. The summed E-state index contributed by atoms with van der Waals surface area (Å²) in [5.74, 6) is 0.614. The van der Waals surface area contributed by atoms with E-state index in [1.165, 1.54) is 0 Å². The van der Waals surface area contributed by atoms with Crippen molar-refractivity contribution in [1.29, 1.82) is 0 Å². The van der Waals surface area contributed by atoms with Gasteiger partial charge in [0, 0.05) is 41.4 Å². The molecule has 0 spiro atoms. The number of nitrogens with zero attached hydrogens (tertiary/aromatic N) is 6. The predicted octanol–water partition coefficient (Wildman–Crippen LogP) is 5.20. The highest BCUT2D eigenvalue weighted by Gasteiger charge is 2.48. The van der Waals surface area contributed by atoms with Gasteiger partial charge in [0.05, 0.1) is 46.8 Å². The number of rotatable bonds is 17. The fourth-order valence-corrected chi connectivity index (χ4v) is 13.6. The average molecular weight is 966 g/mol. The third-order valence-electron chi connectivity index (χ3n) is 14.9. The molecule has 7 aliphatic rings. The van der Waals surface area contributed by atoms with E-state index in [1.54, 1.807) is 0 Å². The Balaban J connectivity index is 0.855. The molecule has 15 unspecified atom stereocenters. The summed E-state index contributed by atoms with van der Waals surface area (Å²) in [4.78, 5) is 0. The Morgan fingerprint density at radius 2 is 1.16 bits per heavy atom. The Morgan fingerprint density at radius 3 is 1.75 bits per heavy atom. The van der Waals surface area contributed by atoms with Gasteiger partial charge >= 0.3 is 0 Å². The van der Waals surface area contributed by atoms with Crippen LogP contribution >= 0.6 is 24.1 Å². The van der Waals surface area contributed by atoms with Gasteiger partial charge in [-0.05, 0) is 133 Å². The minimum atomic E-state index is -4.12. The molecule has 64 heavy (non-hydrogen) atoms. The second kappa shape index (κ2) is 24.4. The van der Waals surface area contributed by atoms with Gasteiger partial charge in [-0.25, -0.2) is 10.5 Å².